The van der Waals surface area contributed by atoms with Gasteiger partial charge in [0.2, 0.25) is 0 Å². The second-order valence-electron chi connectivity index (χ2n) is 4.09. The standard InChI is InChI=1S/C13H19NO3/c1-16-13-5-3-2-4-11(13)12(10-15)14-6-8-17-9-7-14/h2-5,12,15H,6-10H2,1H3/t12-/m0/s1. The van der Waals surface area contributed by atoms with Crippen molar-refractivity contribution < 1.29 is 14.6 Å². The molecule has 1 aliphatic heterocycles. The number of aliphatic hydroxyl groups excluding tert-OH is 1. The highest BCUT2D eigenvalue weighted by atomic mass is 16.5. The first-order valence-corrected chi connectivity index (χ1v) is 5.92. The van der Waals surface area contributed by atoms with Gasteiger partial charge < -0.3 is 14.6 Å². The molecule has 1 saturated heterocycles. The number of hydrogen-bond acceptors (Lipinski definition) is 4. The fourth-order valence-corrected chi connectivity index (χ4v) is 2.24. The van der Waals surface area contributed by atoms with Crippen LogP contribution in [0.15, 0.2) is 24.3 Å². The van der Waals surface area contributed by atoms with Gasteiger partial charge in [-0.05, 0) is 6.07 Å². The van der Waals surface area contributed by atoms with Crippen molar-refractivity contribution in [3.05, 3.63) is 29.8 Å². The van der Waals surface area contributed by atoms with Crippen molar-refractivity contribution in [2.75, 3.05) is 40.0 Å². The van der Waals surface area contributed by atoms with E-state index in [0.717, 1.165) is 37.6 Å². The van der Waals surface area contributed by atoms with E-state index >= 15 is 0 Å². The molecule has 1 N–H and O–H groups in total. The Morgan fingerprint density at radius 1 is 1.35 bits per heavy atom. The van der Waals surface area contributed by atoms with Crippen LogP contribution >= 0.6 is 0 Å². The lowest BCUT2D eigenvalue weighted by atomic mass is 10.0. The zero-order chi connectivity index (χ0) is 12.1. The molecule has 1 heterocycles. The minimum absolute atomic E-state index is 0.00458. The molecule has 1 atom stereocenters. The van der Waals surface area contributed by atoms with Crippen LogP contribution in [0.3, 0.4) is 0 Å². The third kappa shape index (κ3) is 2.77. The van der Waals surface area contributed by atoms with Gasteiger partial charge in [-0.2, -0.15) is 0 Å². The Morgan fingerprint density at radius 3 is 2.71 bits per heavy atom. The normalized spacial score (nSPS) is 18.9. The number of hydrogen-bond donors (Lipinski definition) is 1. The molecule has 0 aromatic heterocycles. The predicted molar refractivity (Wildman–Crippen MR) is 65.2 cm³/mol. The van der Waals surface area contributed by atoms with E-state index < -0.39 is 0 Å². The molecule has 94 valence electrons. The molecule has 4 nitrogen and oxygen atoms in total. The third-order valence-corrected chi connectivity index (χ3v) is 3.16. The lowest BCUT2D eigenvalue weighted by Gasteiger charge is -2.34. The van der Waals surface area contributed by atoms with E-state index in [9.17, 15) is 5.11 Å². The molecule has 0 unspecified atom stereocenters. The molecule has 1 aliphatic rings. The smallest absolute Gasteiger partial charge is 0.123 e. The van der Waals surface area contributed by atoms with Crippen LogP contribution in [0.1, 0.15) is 11.6 Å². The summed E-state index contributed by atoms with van der Waals surface area (Å²) in [6.45, 7) is 3.25. The first-order valence-electron chi connectivity index (χ1n) is 5.92. The largest absolute Gasteiger partial charge is 0.496 e. The van der Waals surface area contributed by atoms with Gasteiger partial charge in [-0.15, -0.1) is 0 Å². The van der Waals surface area contributed by atoms with Crippen LogP contribution in [-0.2, 0) is 4.74 Å². The van der Waals surface area contributed by atoms with E-state index in [1.807, 2.05) is 24.3 Å². The van der Waals surface area contributed by atoms with E-state index in [-0.39, 0.29) is 12.6 Å². The highest BCUT2D eigenvalue weighted by Crippen LogP contribution is 2.29. The summed E-state index contributed by atoms with van der Waals surface area (Å²) in [6, 6.07) is 7.85. The monoisotopic (exact) mass is 237 g/mol. The van der Waals surface area contributed by atoms with Gasteiger partial charge in [0, 0.05) is 18.7 Å². The Balaban J connectivity index is 2.21. The number of morpholine rings is 1. The first kappa shape index (κ1) is 12.4. The molecule has 0 amide bonds. The highest BCUT2D eigenvalue weighted by Gasteiger charge is 2.24. The molecular weight excluding hydrogens is 218 g/mol. The molecule has 1 aromatic carbocycles. The molecule has 1 aromatic rings. The maximum absolute atomic E-state index is 9.61. The fourth-order valence-electron chi connectivity index (χ4n) is 2.24. The summed E-state index contributed by atoms with van der Waals surface area (Å²) in [4.78, 5) is 2.24. The van der Waals surface area contributed by atoms with E-state index in [4.69, 9.17) is 9.47 Å². The molecule has 0 radical (unpaired) electrons. The number of rotatable bonds is 4. The summed E-state index contributed by atoms with van der Waals surface area (Å²) >= 11 is 0. The molecule has 1 fully saturated rings. The van der Waals surface area contributed by atoms with Crippen molar-refractivity contribution in [3.63, 3.8) is 0 Å². The van der Waals surface area contributed by atoms with E-state index in [1.165, 1.54) is 0 Å². The maximum Gasteiger partial charge on any atom is 0.123 e. The van der Waals surface area contributed by atoms with Crippen molar-refractivity contribution in [1.82, 2.24) is 4.90 Å². The molecule has 2 rings (SSSR count). The fraction of sp³-hybridized carbons (Fsp3) is 0.538. The van der Waals surface area contributed by atoms with E-state index in [0.29, 0.717) is 0 Å². The Morgan fingerprint density at radius 2 is 2.06 bits per heavy atom. The van der Waals surface area contributed by atoms with Gasteiger partial charge >= 0.3 is 0 Å². The van der Waals surface area contributed by atoms with Crippen molar-refractivity contribution in [2.45, 2.75) is 6.04 Å². The van der Waals surface area contributed by atoms with E-state index in [2.05, 4.69) is 4.90 Å². The van der Waals surface area contributed by atoms with E-state index in [1.54, 1.807) is 7.11 Å². The topological polar surface area (TPSA) is 41.9 Å². The minimum Gasteiger partial charge on any atom is -0.496 e. The average molecular weight is 237 g/mol. The molecule has 0 spiro atoms. The SMILES string of the molecule is COc1ccccc1[C@H](CO)N1CCOCC1. The van der Waals surface area contributed by atoms with Gasteiger partial charge in [-0.3, -0.25) is 4.90 Å². The Labute approximate surface area is 102 Å². The lowest BCUT2D eigenvalue weighted by Crippen LogP contribution is -2.40. The number of ether oxygens (including phenoxy) is 2. The van der Waals surface area contributed by atoms with Crippen LogP contribution in [0.5, 0.6) is 5.75 Å². The Kier molecular flexibility index (Phi) is 4.36. The first-order chi connectivity index (χ1) is 8.36. The summed E-state index contributed by atoms with van der Waals surface area (Å²) in [5.74, 6) is 0.832. The zero-order valence-electron chi connectivity index (χ0n) is 10.1. The third-order valence-electron chi connectivity index (χ3n) is 3.16. The second kappa shape index (κ2) is 6.00. The van der Waals surface area contributed by atoms with Crippen LogP contribution in [0.2, 0.25) is 0 Å². The molecular formula is C13H19NO3. The maximum atomic E-state index is 9.61. The number of benzene rings is 1. The van der Waals surface area contributed by atoms with Gasteiger partial charge in [0.25, 0.3) is 0 Å². The molecule has 0 saturated carbocycles. The zero-order valence-corrected chi connectivity index (χ0v) is 10.1. The van der Waals surface area contributed by atoms with Gasteiger partial charge in [0.05, 0.1) is 33.0 Å². The van der Waals surface area contributed by atoms with Crippen LogP contribution in [0, 0.1) is 0 Å². The molecule has 17 heavy (non-hydrogen) atoms. The molecule has 0 aliphatic carbocycles. The molecule has 4 heteroatoms. The summed E-state index contributed by atoms with van der Waals surface area (Å²) in [7, 11) is 1.66. The van der Waals surface area contributed by atoms with Gasteiger partial charge in [0.15, 0.2) is 0 Å². The quantitative estimate of drug-likeness (QED) is 0.850. The average Bonchev–Trinajstić information content (AvgIpc) is 2.41. The van der Waals surface area contributed by atoms with Gasteiger partial charge in [0.1, 0.15) is 5.75 Å². The van der Waals surface area contributed by atoms with Crippen LogP contribution in [0.4, 0.5) is 0 Å². The van der Waals surface area contributed by atoms with Crippen molar-refractivity contribution in [3.8, 4) is 5.75 Å². The van der Waals surface area contributed by atoms with Crippen LogP contribution < -0.4 is 4.74 Å². The van der Waals surface area contributed by atoms with Crippen molar-refractivity contribution in [1.29, 1.82) is 0 Å². The lowest BCUT2D eigenvalue weighted by molar-refractivity contribution is 0.00205. The van der Waals surface area contributed by atoms with Gasteiger partial charge in [-0.1, -0.05) is 18.2 Å². The van der Waals surface area contributed by atoms with Crippen LogP contribution in [-0.4, -0.2) is 50.0 Å². The Bertz CT molecular complexity index is 350. The van der Waals surface area contributed by atoms with Crippen molar-refractivity contribution in [2.24, 2.45) is 0 Å². The minimum atomic E-state index is -0.00458. The number of nitrogens with zero attached hydrogens (tertiary/aromatic N) is 1. The van der Waals surface area contributed by atoms with Crippen molar-refractivity contribution >= 4 is 0 Å². The second-order valence-corrected chi connectivity index (χ2v) is 4.09. The summed E-state index contributed by atoms with van der Waals surface area (Å²) in [5.41, 5.74) is 1.04. The van der Waals surface area contributed by atoms with Gasteiger partial charge in [-0.25, -0.2) is 0 Å². The number of aliphatic hydroxyl groups is 1. The van der Waals surface area contributed by atoms with Crippen LogP contribution in [0.25, 0.3) is 0 Å². The summed E-state index contributed by atoms with van der Waals surface area (Å²) in [6.07, 6.45) is 0. The predicted octanol–water partition coefficient (Wildman–Crippen LogP) is 1.06. The number of para-hydroxylation sites is 1. The Hall–Kier alpha value is -1.10. The molecule has 0 bridgehead atoms. The number of methoxy groups -OCH3 is 1. The summed E-state index contributed by atoms with van der Waals surface area (Å²) in [5, 5.41) is 9.61. The highest BCUT2D eigenvalue weighted by molar-refractivity contribution is 5.36. The summed E-state index contributed by atoms with van der Waals surface area (Å²) < 4.78 is 10.7.